The molecule has 0 radical (unpaired) electrons. The van der Waals surface area contributed by atoms with E-state index >= 15 is 0 Å². The summed E-state index contributed by atoms with van der Waals surface area (Å²) in [5, 5.41) is 11.8. The van der Waals surface area contributed by atoms with Gasteiger partial charge in [-0.1, -0.05) is 12.1 Å². The first kappa shape index (κ1) is 28.0. The van der Waals surface area contributed by atoms with Crippen LogP contribution in [0.2, 0.25) is 0 Å². The number of para-hydroxylation sites is 1. The van der Waals surface area contributed by atoms with E-state index in [1.807, 2.05) is 0 Å². The van der Waals surface area contributed by atoms with Gasteiger partial charge in [0.2, 0.25) is 0 Å². The summed E-state index contributed by atoms with van der Waals surface area (Å²) in [6, 6.07) is 1.84. The number of nitro groups is 1. The van der Waals surface area contributed by atoms with E-state index in [2.05, 4.69) is 10.9 Å². The van der Waals surface area contributed by atoms with Gasteiger partial charge in [0.05, 0.1) is 31.3 Å². The number of rotatable bonds is 7. The molecule has 0 saturated carbocycles. The zero-order valence-electron chi connectivity index (χ0n) is 20.0. The molecule has 34 heavy (non-hydrogen) atoms. The number of aliphatic imine (C=N–C) groups is 1. The molecule has 1 rings (SSSR count). The van der Waals surface area contributed by atoms with Gasteiger partial charge in [0.1, 0.15) is 11.3 Å². The average Bonchev–Trinajstić information content (AvgIpc) is 2.77. The van der Waals surface area contributed by atoms with Crippen LogP contribution in [0, 0.1) is 17.0 Å². The van der Waals surface area contributed by atoms with Gasteiger partial charge in [-0.3, -0.25) is 19.8 Å². The van der Waals surface area contributed by atoms with E-state index in [9.17, 15) is 29.3 Å². The maximum atomic E-state index is 13.2. The second-order valence-electron chi connectivity index (χ2n) is 7.82. The lowest BCUT2D eigenvalue weighted by Crippen LogP contribution is -2.52. The second-order valence-corrected chi connectivity index (χ2v) is 7.82. The maximum Gasteiger partial charge on any atom is 0.397 e. The van der Waals surface area contributed by atoms with Crippen LogP contribution >= 0.6 is 0 Å². The fourth-order valence-corrected chi connectivity index (χ4v) is 2.76. The number of amides is 1. The Labute approximate surface area is 196 Å². The normalized spacial score (nSPS) is 11.4. The molecule has 184 valence electrons. The number of hydrogen-bond donors (Lipinski definition) is 0. The molecule has 0 aliphatic rings. The summed E-state index contributed by atoms with van der Waals surface area (Å²) in [7, 11) is 1.99. The Bertz CT molecular complexity index is 1050. The van der Waals surface area contributed by atoms with Crippen LogP contribution in [-0.2, 0) is 33.4 Å². The summed E-state index contributed by atoms with van der Waals surface area (Å²) in [6.45, 7) is 7.70. The molecule has 0 heterocycles. The molecule has 1 atom stereocenters. The van der Waals surface area contributed by atoms with Crippen molar-refractivity contribution < 1.29 is 38.3 Å². The lowest BCUT2D eigenvalue weighted by molar-refractivity contribution is -0.384. The SMILES string of the molecule is CCOC(=O)C(=O)N(c1c(C)cccc1[N+](=O)[O-])C(C(=O)OC)C(=C=NC(C)(C)C)C(=O)OC. The van der Waals surface area contributed by atoms with Crippen LogP contribution in [0.1, 0.15) is 33.3 Å². The van der Waals surface area contributed by atoms with Gasteiger partial charge >= 0.3 is 23.8 Å². The lowest BCUT2D eigenvalue weighted by Gasteiger charge is -2.29. The van der Waals surface area contributed by atoms with E-state index in [1.54, 1.807) is 20.8 Å². The molecule has 12 heteroatoms. The molecular weight excluding hydrogens is 450 g/mol. The molecule has 0 fully saturated rings. The predicted molar refractivity (Wildman–Crippen MR) is 120 cm³/mol. The Morgan fingerprint density at radius 1 is 1.15 bits per heavy atom. The van der Waals surface area contributed by atoms with Crippen molar-refractivity contribution in [3.8, 4) is 0 Å². The van der Waals surface area contributed by atoms with Crippen LogP contribution in [-0.4, -0.2) is 67.0 Å². The third-order valence-electron chi connectivity index (χ3n) is 4.20. The number of nitro benzene ring substituents is 1. The van der Waals surface area contributed by atoms with Gasteiger partial charge in [-0.05, 0) is 46.1 Å². The monoisotopic (exact) mass is 477 g/mol. The molecule has 0 aliphatic carbocycles. The van der Waals surface area contributed by atoms with Gasteiger partial charge in [0.15, 0.2) is 6.04 Å². The van der Waals surface area contributed by atoms with Crippen molar-refractivity contribution in [2.45, 2.75) is 46.2 Å². The zero-order chi connectivity index (χ0) is 26.2. The highest BCUT2D eigenvalue weighted by Crippen LogP contribution is 2.35. The predicted octanol–water partition coefficient (Wildman–Crippen LogP) is 1.91. The van der Waals surface area contributed by atoms with Crippen LogP contribution in [0.25, 0.3) is 0 Å². The van der Waals surface area contributed by atoms with Gasteiger partial charge in [-0.2, -0.15) is 0 Å². The summed E-state index contributed by atoms with van der Waals surface area (Å²) < 4.78 is 14.3. The number of anilines is 1. The highest BCUT2D eigenvalue weighted by atomic mass is 16.6. The second kappa shape index (κ2) is 11.7. The number of carbonyl (C=O) groups is 4. The first-order valence-corrected chi connectivity index (χ1v) is 10.1. The van der Waals surface area contributed by atoms with Crippen molar-refractivity contribution in [1.82, 2.24) is 0 Å². The third kappa shape index (κ3) is 6.72. The van der Waals surface area contributed by atoms with E-state index in [1.165, 1.54) is 26.0 Å². The molecule has 1 aromatic carbocycles. The Kier molecular flexibility index (Phi) is 9.64. The zero-order valence-corrected chi connectivity index (χ0v) is 20.0. The van der Waals surface area contributed by atoms with E-state index in [-0.39, 0.29) is 12.2 Å². The molecule has 0 bridgehead atoms. The van der Waals surface area contributed by atoms with Crippen LogP contribution in [0.3, 0.4) is 0 Å². The Morgan fingerprint density at radius 3 is 2.24 bits per heavy atom. The molecule has 0 aromatic heterocycles. The number of hydrogen-bond acceptors (Lipinski definition) is 10. The Balaban J connectivity index is 4.16. The Hall–Kier alpha value is -4.05. The molecule has 0 spiro atoms. The maximum absolute atomic E-state index is 13.2. The van der Waals surface area contributed by atoms with Crippen molar-refractivity contribution in [2.75, 3.05) is 25.7 Å². The van der Waals surface area contributed by atoms with Crippen molar-refractivity contribution in [3.63, 3.8) is 0 Å². The minimum atomic E-state index is -2.01. The van der Waals surface area contributed by atoms with Crippen LogP contribution in [0.5, 0.6) is 0 Å². The van der Waals surface area contributed by atoms with Crippen molar-refractivity contribution in [2.24, 2.45) is 4.99 Å². The number of carbonyl (C=O) groups excluding carboxylic acids is 4. The smallest absolute Gasteiger partial charge is 0.397 e. The first-order chi connectivity index (χ1) is 15.8. The topological polar surface area (TPSA) is 155 Å². The van der Waals surface area contributed by atoms with E-state index in [0.717, 1.165) is 20.3 Å². The quantitative estimate of drug-likeness (QED) is 0.109. The number of esters is 3. The summed E-state index contributed by atoms with van der Waals surface area (Å²) in [6.07, 6.45) is 0. The highest BCUT2D eigenvalue weighted by Gasteiger charge is 2.44. The van der Waals surface area contributed by atoms with Crippen LogP contribution in [0.15, 0.2) is 28.8 Å². The number of nitrogens with zero attached hydrogens (tertiary/aromatic N) is 3. The number of methoxy groups -OCH3 is 2. The molecule has 0 N–H and O–H groups in total. The molecule has 12 nitrogen and oxygen atoms in total. The fourth-order valence-electron chi connectivity index (χ4n) is 2.76. The van der Waals surface area contributed by atoms with Crippen LogP contribution in [0.4, 0.5) is 11.4 Å². The van der Waals surface area contributed by atoms with Crippen molar-refractivity contribution in [3.05, 3.63) is 39.4 Å². The molecule has 1 unspecified atom stereocenters. The number of benzene rings is 1. The van der Waals surface area contributed by atoms with E-state index in [0.29, 0.717) is 4.90 Å². The van der Waals surface area contributed by atoms with Gasteiger partial charge in [-0.25, -0.2) is 19.4 Å². The summed E-state index contributed by atoms with van der Waals surface area (Å²) >= 11 is 0. The molecular formula is C22H27N3O9. The number of aryl methyl sites for hydroxylation is 1. The summed E-state index contributed by atoms with van der Waals surface area (Å²) in [5.41, 5.74) is -2.26. The van der Waals surface area contributed by atoms with Gasteiger partial charge in [-0.15, -0.1) is 0 Å². The number of ether oxygens (including phenoxy) is 3. The molecule has 1 amide bonds. The highest BCUT2D eigenvalue weighted by molar-refractivity contribution is 6.39. The molecule has 0 aliphatic heterocycles. The van der Waals surface area contributed by atoms with E-state index < -0.39 is 57.3 Å². The summed E-state index contributed by atoms with van der Waals surface area (Å²) in [4.78, 5) is 66.8. The fraction of sp³-hybridized carbons (Fsp3) is 0.455. The van der Waals surface area contributed by atoms with Crippen molar-refractivity contribution in [1.29, 1.82) is 0 Å². The average molecular weight is 477 g/mol. The lowest BCUT2D eigenvalue weighted by atomic mass is 10.0. The molecule has 0 saturated heterocycles. The standard InChI is InChI=1S/C22H27N3O9/c1-8-34-21(29)18(26)24(16-13(2)10-9-11-15(16)25(30)31)17(20(28)33-7)14(19(27)32-6)12-23-22(3,4)5/h9-11,17H,8H2,1-7H3. The van der Waals surface area contributed by atoms with Crippen LogP contribution < -0.4 is 4.90 Å². The van der Waals surface area contributed by atoms with Gasteiger partial charge in [0.25, 0.3) is 5.69 Å². The van der Waals surface area contributed by atoms with Gasteiger partial charge < -0.3 is 14.2 Å². The first-order valence-electron chi connectivity index (χ1n) is 10.1. The minimum Gasteiger partial charge on any atom is -0.467 e. The molecule has 1 aromatic rings. The van der Waals surface area contributed by atoms with Gasteiger partial charge in [0, 0.05) is 6.07 Å². The summed E-state index contributed by atoms with van der Waals surface area (Å²) in [5.74, 6) is -2.77. The van der Waals surface area contributed by atoms with E-state index in [4.69, 9.17) is 14.2 Å². The Morgan fingerprint density at radius 2 is 1.76 bits per heavy atom. The third-order valence-corrected chi connectivity index (χ3v) is 4.20. The minimum absolute atomic E-state index is 0.151. The largest absolute Gasteiger partial charge is 0.467 e. The van der Waals surface area contributed by atoms with Crippen molar-refractivity contribution >= 4 is 41.1 Å².